The van der Waals surface area contributed by atoms with E-state index in [1.54, 1.807) is 6.92 Å². The highest BCUT2D eigenvalue weighted by Crippen LogP contribution is 2.22. The van der Waals surface area contributed by atoms with Crippen molar-refractivity contribution in [2.45, 2.75) is 26.3 Å². The van der Waals surface area contributed by atoms with Gasteiger partial charge >= 0.3 is 0 Å². The molecule has 0 saturated carbocycles. The molecule has 0 radical (unpaired) electrons. The number of fused-ring (bicyclic) bond motifs is 1. The van der Waals surface area contributed by atoms with Crippen molar-refractivity contribution in [3.8, 4) is 0 Å². The Morgan fingerprint density at radius 3 is 3.13 bits per heavy atom. The molecule has 0 saturated heterocycles. The molecular weight excluding hydrogens is 186 g/mol. The van der Waals surface area contributed by atoms with Gasteiger partial charge < -0.3 is 5.32 Å². The third-order valence-electron chi connectivity index (χ3n) is 2.68. The van der Waals surface area contributed by atoms with Crippen LogP contribution in [0.1, 0.15) is 30.0 Å². The van der Waals surface area contributed by atoms with Gasteiger partial charge in [0.2, 0.25) is 5.91 Å². The molecule has 0 aliphatic heterocycles. The number of hydrogen-bond acceptors (Lipinski definition) is 1. The highest BCUT2D eigenvalue weighted by atomic mass is 16.1. The van der Waals surface area contributed by atoms with Crippen LogP contribution in [0, 0.1) is 0 Å². The van der Waals surface area contributed by atoms with E-state index in [2.05, 4.69) is 35.7 Å². The van der Waals surface area contributed by atoms with Crippen LogP contribution in [0.4, 0.5) is 0 Å². The molecule has 15 heavy (non-hydrogen) atoms. The van der Waals surface area contributed by atoms with Crippen LogP contribution < -0.4 is 5.32 Å². The largest absolute Gasteiger partial charge is 0.352 e. The number of rotatable bonds is 2. The van der Waals surface area contributed by atoms with Crippen molar-refractivity contribution in [3.05, 3.63) is 41.0 Å². The lowest BCUT2D eigenvalue weighted by atomic mass is 9.93. The fourth-order valence-electron chi connectivity index (χ4n) is 1.91. The van der Waals surface area contributed by atoms with E-state index in [1.165, 1.54) is 16.7 Å². The van der Waals surface area contributed by atoms with E-state index in [0.29, 0.717) is 6.54 Å². The molecule has 0 heterocycles. The van der Waals surface area contributed by atoms with Gasteiger partial charge in [-0.15, -0.1) is 0 Å². The van der Waals surface area contributed by atoms with Gasteiger partial charge in [0.25, 0.3) is 0 Å². The molecule has 1 aromatic rings. The van der Waals surface area contributed by atoms with Crippen LogP contribution in [-0.2, 0) is 17.8 Å². The van der Waals surface area contributed by atoms with Crippen molar-refractivity contribution >= 4 is 12.0 Å². The minimum Gasteiger partial charge on any atom is -0.352 e. The molecule has 2 rings (SSSR count). The van der Waals surface area contributed by atoms with E-state index < -0.39 is 0 Å². The Morgan fingerprint density at radius 1 is 1.47 bits per heavy atom. The molecule has 0 unspecified atom stereocenters. The number of carbonyl (C=O) groups excluding carboxylic acids is 1. The highest BCUT2D eigenvalue weighted by Gasteiger charge is 2.08. The van der Waals surface area contributed by atoms with E-state index >= 15 is 0 Å². The second-order valence-electron chi connectivity index (χ2n) is 3.84. The maximum absolute atomic E-state index is 10.9. The van der Waals surface area contributed by atoms with Crippen molar-refractivity contribution in [3.63, 3.8) is 0 Å². The van der Waals surface area contributed by atoms with Gasteiger partial charge in [0.1, 0.15) is 0 Å². The van der Waals surface area contributed by atoms with Crippen LogP contribution in [0.15, 0.2) is 24.3 Å². The summed E-state index contributed by atoms with van der Waals surface area (Å²) < 4.78 is 0. The molecule has 0 atom stereocenters. The summed E-state index contributed by atoms with van der Waals surface area (Å²) in [6, 6.07) is 6.30. The Morgan fingerprint density at radius 2 is 2.33 bits per heavy atom. The summed E-state index contributed by atoms with van der Waals surface area (Å²) in [5.74, 6) is 0.0207. The number of benzene rings is 1. The van der Waals surface area contributed by atoms with E-state index in [0.717, 1.165) is 12.8 Å². The average molecular weight is 201 g/mol. The summed E-state index contributed by atoms with van der Waals surface area (Å²) in [7, 11) is 0. The first-order valence-electron chi connectivity index (χ1n) is 5.29. The molecule has 2 nitrogen and oxygen atoms in total. The molecule has 0 bridgehead atoms. The van der Waals surface area contributed by atoms with Gasteiger partial charge in [-0.05, 0) is 29.5 Å². The number of hydrogen-bond donors (Lipinski definition) is 1. The number of nitrogens with one attached hydrogen (secondary N) is 1. The molecule has 0 spiro atoms. The predicted molar refractivity (Wildman–Crippen MR) is 61.3 cm³/mol. The Labute approximate surface area is 90.0 Å². The Hall–Kier alpha value is -1.57. The van der Waals surface area contributed by atoms with E-state index in [-0.39, 0.29) is 5.91 Å². The van der Waals surface area contributed by atoms with E-state index in [4.69, 9.17) is 0 Å². The molecule has 1 N–H and O–H groups in total. The molecule has 1 amide bonds. The van der Waals surface area contributed by atoms with Crippen LogP contribution in [0.3, 0.4) is 0 Å². The Bertz CT molecular complexity index is 407. The van der Waals surface area contributed by atoms with Gasteiger partial charge in [-0.25, -0.2) is 0 Å². The van der Waals surface area contributed by atoms with Gasteiger partial charge in [0.05, 0.1) is 0 Å². The van der Waals surface area contributed by atoms with Gasteiger partial charge in [-0.2, -0.15) is 0 Å². The molecule has 78 valence electrons. The first-order valence-corrected chi connectivity index (χ1v) is 5.29. The van der Waals surface area contributed by atoms with Crippen LogP contribution >= 0.6 is 0 Å². The third kappa shape index (κ3) is 2.27. The monoisotopic (exact) mass is 201 g/mol. The lowest BCUT2D eigenvalue weighted by Gasteiger charge is -2.14. The predicted octanol–water partition coefficient (Wildman–Crippen LogP) is 2.28. The topological polar surface area (TPSA) is 29.1 Å². The maximum atomic E-state index is 10.9. The zero-order valence-electron chi connectivity index (χ0n) is 8.92. The minimum absolute atomic E-state index is 0.0207. The summed E-state index contributed by atoms with van der Waals surface area (Å²) in [5.41, 5.74) is 3.89. The molecule has 0 aromatic heterocycles. The normalized spacial score (nSPS) is 13.4. The smallest absolute Gasteiger partial charge is 0.217 e. The van der Waals surface area contributed by atoms with Crippen LogP contribution in [0.2, 0.25) is 0 Å². The third-order valence-corrected chi connectivity index (χ3v) is 2.68. The van der Waals surface area contributed by atoms with Crippen molar-refractivity contribution in [1.82, 2.24) is 5.32 Å². The first kappa shape index (κ1) is 9.97. The van der Waals surface area contributed by atoms with E-state index in [9.17, 15) is 4.79 Å². The van der Waals surface area contributed by atoms with Crippen LogP contribution in [0.5, 0.6) is 0 Å². The number of allylic oxidation sites excluding steroid dienone is 1. The molecule has 1 aliphatic rings. The van der Waals surface area contributed by atoms with Gasteiger partial charge in [-0.3, -0.25) is 4.79 Å². The van der Waals surface area contributed by atoms with Gasteiger partial charge in [0, 0.05) is 13.5 Å². The van der Waals surface area contributed by atoms with Crippen LogP contribution in [0.25, 0.3) is 6.08 Å². The summed E-state index contributed by atoms with van der Waals surface area (Å²) in [4.78, 5) is 10.9. The standard InChI is InChI=1S/C13H15NO/c1-10(15)14-9-12-7-4-6-11-5-2-3-8-13(11)12/h3-4,6-8H,2,5,9H2,1H3,(H,14,15). The molecular formula is C13H15NO. The second kappa shape index (κ2) is 4.30. The maximum Gasteiger partial charge on any atom is 0.217 e. The van der Waals surface area contributed by atoms with Crippen molar-refractivity contribution < 1.29 is 4.79 Å². The fourth-order valence-corrected chi connectivity index (χ4v) is 1.91. The molecule has 1 aliphatic carbocycles. The highest BCUT2D eigenvalue weighted by molar-refractivity contribution is 5.73. The Balaban J connectivity index is 2.25. The van der Waals surface area contributed by atoms with E-state index in [1.807, 2.05) is 0 Å². The quantitative estimate of drug-likeness (QED) is 0.781. The minimum atomic E-state index is 0.0207. The summed E-state index contributed by atoms with van der Waals surface area (Å²) in [5, 5.41) is 2.84. The van der Waals surface area contributed by atoms with Crippen molar-refractivity contribution in [2.75, 3.05) is 0 Å². The summed E-state index contributed by atoms with van der Waals surface area (Å²) in [6.07, 6.45) is 6.59. The SMILES string of the molecule is CC(=O)NCc1cccc2c1C=CCC2. The zero-order chi connectivity index (χ0) is 10.7. The summed E-state index contributed by atoms with van der Waals surface area (Å²) >= 11 is 0. The van der Waals surface area contributed by atoms with Gasteiger partial charge in [0.15, 0.2) is 0 Å². The lowest BCUT2D eigenvalue weighted by molar-refractivity contribution is -0.119. The number of aryl methyl sites for hydroxylation is 1. The average Bonchev–Trinajstić information content (AvgIpc) is 2.26. The number of amides is 1. The molecule has 0 fully saturated rings. The van der Waals surface area contributed by atoms with Crippen molar-refractivity contribution in [1.29, 1.82) is 0 Å². The van der Waals surface area contributed by atoms with Crippen LogP contribution in [-0.4, -0.2) is 5.91 Å². The fraction of sp³-hybridized carbons (Fsp3) is 0.308. The molecule has 1 aromatic carbocycles. The zero-order valence-corrected chi connectivity index (χ0v) is 8.92. The molecule has 2 heteroatoms. The number of carbonyl (C=O) groups is 1. The van der Waals surface area contributed by atoms with Crippen molar-refractivity contribution in [2.24, 2.45) is 0 Å². The Kier molecular flexibility index (Phi) is 2.86. The first-order chi connectivity index (χ1) is 7.27. The summed E-state index contributed by atoms with van der Waals surface area (Å²) in [6.45, 7) is 2.17. The van der Waals surface area contributed by atoms with Gasteiger partial charge in [-0.1, -0.05) is 30.4 Å². The second-order valence-corrected chi connectivity index (χ2v) is 3.84. The lowest BCUT2D eigenvalue weighted by Crippen LogP contribution is -2.19.